The number of nitrogens with one attached hydrogen (secondary N) is 2. The molecule has 94 valence electrons. The molecular weight excluding hydrogens is 214 g/mol. The normalized spacial score (nSPS) is 10.0. The summed E-state index contributed by atoms with van der Waals surface area (Å²) in [6.07, 6.45) is 1.43. The fourth-order valence-electron chi connectivity index (χ4n) is 1.51. The standard InChI is InChI=1S/C13H21N3O/c1-3-7-16-13(17)6-8-15-12-5-4-10(2)9-11(12)14/h4-5,9,15H,3,6-8,14H2,1-2H3,(H,16,17). The maximum atomic E-state index is 11.3. The molecule has 4 nitrogen and oxygen atoms in total. The van der Waals surface area contributed by atoms with Crippen LogP contribution in [0.4, 0.5) is 11.4 Å². The summed E-state index contributed by atoms with van der Waals surface area (Å²) < 4.78 is 0. The number of aryl methyl sites for hydroxylation is 1. The lowest BCUT2D eigenvalue weighted by molar-refractivity contribution is -0.120. The van der Waals surface area contributed by atoms with Gasteiger partial charge in [-0.15, -0.1) is 0 Å². The maximum Gasteiger partial charge on any atom is 0.221 e. The van der Waals surface area contributed by atoms with Gasteiger partial charge in [0.15, 0.2) is 0 Å². The van der Waals surface area contributed by atoms with E-state index >= 15 is 0 Å². The highest BCUT2D eigenvalue weighted by atomic mass is 16.1. The van der Waals surface area contributed by atoms with Gasteiger partial charge in [0.1, 0.15) is 0 Å². The molecule has 0 unspecified atom stereocenters. The predicted octanol–water partition coefficient (Wildman–Crippen LogP) is 1.91. The van der Waals surface area contributed by atoms with Crippen LogP contribution in [0.25, 0.3) is 0 Å². The van der Waals surface area contributed by atoms with Crippen molar-refractivity contribution in [2.45, 2.75) is 26.7 Å². The van der Waals surface area contributed by atoms with Crippen LogP contribution < -0.4 is 16.4 Å². The Bertz CT molecular complexity index is 377. The molecule has 0 aliphatic heterocycles. The zero-order valence-electron chi connectivity index (χ0n) is 10.5. The monoisotopic (exact) mass is 235 g/mol. The van der Waals surface area contributed by atoms with E-state index in [4.69, 9.17) is 5.73 Å². The summed E-state index contributed by atoms with van der Waals surface area (Å²) in [6, 6.07) is 5.85. The smallest absolute Gasteiger partial charge is 0.221 e. The minimum atomic E-state index is 0.0741. The van der Waals surface area contributed by atoms with E-state index in [9.17, 15) is 4.79 Å². The highest BCUT2D eigenvalue weighted by Crippen LogP contribution is 2.18. The lowest BCUT2D eigenvalue weighted by atomic mass is 10.2. The Morgan fingerprint density at radius 2 is 2.12 bits per heavy atom. The number of hydrogen-bond acceptors (Lipinski definition) is 3. The van der Waals surface area contributed by atoms with Crippen molar-refractivity contribution in [3.8, 4) is 0 Å². The Kier molecular flexibility index (Phi) is 5.33. The fourth-order valence-corrected chi connectivity index (χ4v) is 1.51. The third-order valence-electron chi connectivity index (χ3n) is 2.45. The highest BCUT2D eigenvalue weighted by Gasteiger charge is 2.01. The molecule has 0 spiro atoms. The fraction of sp³-hybridized carbons (Fsp3) is 0.462. The molecule has 0 aliphatic rings. The average molecular weight is 235 g/mol. The average Bonchev–Trinajstić information content (AvgIpc) is 2.29. The first-order chi connectivity index (χ1) is 8.13. The van der Waals surface area contributed by atoms with Crippen LogP contribution in [0.2, 0.25) is 0 Å². The number of carbonyl (C=O) groups is 1. The van der Waals surface area contributed by atoms with E-state index in [2.05, 4.69) is 10.6 Å². The largest absolute Gasteiger partial charge is 0.397 e. The molecule has 0 fully saturated rings. The molecule has 1 aromatic carbocycles. The zero-order chi connectivity index (χ0) is 12.7. The van der Waals surface area contributed by atoms with Crippen LogP contribution in [0.5, 0.6) is 0 Å². The van der Waals surface area contributed by atoms with Crippen LogP contribution >= 0.6 is 0 Å². The van der Waals surface area contributed by atoms with Gasteiger partial charge in [0.2, 0.25) is 5.91 Å². The zero-order valence-corrected chi connectivity index (χ0v) is 10.5. The predicted molar refractivity (Wildman–Crippen MR) is 72.0 cm³/mol. The van der Waals surface area contributed by atoms with Gasteiger partial charge in [-0.2, -0.15) is 0 Å². The van der Waals surface area contributed by atoms with Crippen LogP contribution in [0, 0.1) is 6.92 Å². The SMILES string of the molecule is CCCNC(=O)CCNc1ccc(C)cc1N. The molecule has 0 aliphatic carbocycles. The number of hydrogen-bond donors (Lipinski definition) is 3. The molecule has 0 saturated heterocycles. The quantitative estimate of drug-likeness (QED) is 0.660. The second-order valence-electron chi connectivity index (χ2n) is 4.12. The van der Waals surface area contributed by atoms with Gasteiger partial charge in [-0.05, 0) is 31.0 Å². The molecule has 1 rings (SSSR count). The van der Waals surface area contributed by atoms with E-state index in [1.165, 1.54) is 0 Å². The van der Waals surface area contributed by atoms with Crippen molar-refractivity contribution in [1.29, 1.82) is 0 Å². The summed E-state index contributed by atoms with van der Waals surface area (Å²) in [5, 5.41) is 5.99. The van der Waals surface area contributed by atoms with Crippen LogP contribution in [0.1, 0.15) is 25.3 Å². The Hall–Kier alpha value is -1.71. The summed E-state index contributed by atoms with van der Waals surface area (Å²) in [5.41, 5.74) is 8.60. The molecule has 17 heavy (non-hydrogen) atoms. The van der Waals surface area contributed by atoms with Gasteiger partial charge >= 0.3 is 0 Å². The van der Waals surface area contributed by atoms with Crippen molar-refractivity contribution in [2.75, 3.05) is 24.1 Å². The number of amides is 1. The molecule has 1 aromatic rings. The Balaban J connectivity index is 2.33. The van der Waals surface area contributed by atoms with E-state index in [0.717, 1.165) is 29.9 Å². The van der Waals surface area contributed by atoms with E-state index in [1.807, 2.05) is 32.0 Å². The van der Waals surface area contributed by atoms with Crippen molar-refractivity contribution >= 4 is 17.3 Å². The molecular formula is C13H21N3O. The Morgan fingerprint density at radius 3 is 2.76 bits per heavy atom. The molecule has 4 heteroatoms. The van der Waals surface area contributed by atoms with Crippen LogP contribution in [0.15, 0.2) is 18.2 Å². The molecule has 0 radical (unpaired) electrons. The molecule has 0 heterocycles. The third kappa shape index (κ3) is 4.76. The number of anilines is 2. The van der Waals surface area contributed by atoms with Crippen LogP contribution in [-0.4, -0.2) is 19.0 Å². The first-order valence-corrected chi connectivity index (χ1v) is 6.00. The summed E-state index contributed by atoms with van der Waals surface area (Å²) in [7, 11) is 0. The lowest BCUT2D eigenvalue weighted by Gasteiger charge is -2.09. The first kappa shape index (κ1) is 13.4. The van der Waals surface area contributed by atoms with Crippen LogP contribution in [-0.2, 0) is 4.79 Å². The van der Waals surface area contributed by atoms with E-state index in [1.54, 1.807) is 0 Å². The second-order valence-corrected chi connectivity index (χ2v) is 4.12. The van der Waals surface area contributed by atoms with Crippen molar-refractivity contribution < 1.29 is 4.79 Å². The van der Waals surface area contributed by atoms with Crippen molar-refractivity contribution in [3.63, 3.8) is 0 Å². The minimum Gasteiger partial charge on any atom is -0.397 e. The first-order valence-electron chi connectivity index (χ1n) is 6.00. The van der Waals surface area contributed by atoms with Crippen LogP contribution in [0.3, 0.4) is 0 Å². The topological polar surface area (TPSA) is 67.2 Å². The molecule has 0 bridgehead atoms. The maximum absolute atomic E-state index is 11.3. The minimum absolute atomic E-state index is 0.0741. The molecule has 1 amide bonds. The van der Waals surface area contributed by atoms with E-state index in [0.29, 0.717) is 13.0 Å². The third-order valence-corrected chi connectivity index (χ3v) is 2.45. The van der Waals surface area contributed by atoms with Crippen molar-refractivity contribution in [2.24, 2.45) is 0 Å². The van der Waals surface area contributed by atoms with Gasteiger partial charge in [-0.3, -0.25) is 4.79 Å². The van der Waals surface area contributed by atoms with Crippen molar-refractivity contribution in [1.82, 2.24) is 5.32 Å². The molecule has 4 N–H and O–H groups in total. The molecule has 0 saturated carbocycles. The summed E-state index contributed by atoms with van der Waals surface area (Å²) >= 11 is 0. The Morgan fingerprint density at radius 1 is 1.35 bits per heavy atom. The lowest BCUT2D eigenvalue weighted by Crippen LogP contribution is -2.25. The number of nitrogens with two attached hydrogens (primary N) is 1. The second kappa shape index (κ2) is 6.78. The number of benzene rings is 1. The summed E-state index contributed by atoms with van der Waals surface area (Å²) in [5.74, 6) is 0.0741. The Labute approximate surface area is 103 Å². The molecule has 0 aromatic heterocycles. The molecule has 0 atom stereocenters. The van der Waals surface area contributed by atoms with Crippen molar-refractivity contribution in [3.05, 3.63) is 23.8 Å². The van der Waals surface area contributed by atoms with Gasteiger partial charge in [-0.1, -0.05) is 13.0 Å². The van der Waals surface area contributed by atoms with Gasteiger partial charge < -0.3 is 16.4 Å². The van der Waals surface area contributed by atoms with Gasteiger partial charge in [-0.25, -0.2) is 0 Å². The van der Waals surface area contributed by atoms with E-state index < -0.39 is 0 Å². The van der Waals surface area contributed by atoms with Gasteiger partial charge in [0.25, 0.3) is 0 Å². The number of rotatable bonds is 6. The van der Waals surface area contributed by atoms with E-state index in [-0.39, 0.29) is 5.91 Å². The van der Waals surface area contributed by atoms with Gasteiger partial charge in [0.05, 0.1) is 11.4 Å². The summed E-state index contributed by atoms with van der Waals surface area (Å²) in [6.45, 7) is 5.37. The highest BCUT2D eigenvalue weighted by molar-refractivity contribution is 5.76. The van der Waals surface area contributed by atoms with Gasteiger partial charge in [0, 0.05) is 19.5 Å². The number of carbonyl (C=O) groups excluding carboxylic acids is 1. The summed E-state index contributed by atoms with van der Waals surface area (Å²) in [4.78, 5) is 11.3. The number of nitrogen functional groups attached to an aromatic ring is 1.